The van der Waals surface area contributed by atoms with Crippen molar-refractivity contribution in [3.63, 3.8) is 0 Å². The van der Waals surface area contributed by atoms with Crippen molar-refractivity contribution in [1.29, 1.82) is 0 Å². The van der Waals surface area contributed by atoms with E-state index in [1.165, 1.54) is 0 Å². The lowest BCUT2D eigenvalue weighted by Crippen LogP contribution is -2.08. The van der Waals surface area contributed by atoms with Crippen molar-refractivity contribution in [3.05, 3.63) is 17.3 Å². The van der Waals surface area contributed by atoms with Crippen LogP contribution >= 0.6 is 0 Å². The Morgan fingerprint density at radius 2 is 2.29 bits per heavy atom. The molecule has 0 aromatic carbocycles. The van der Waals surface area contributed by atoms with E-state index in [4.69, 9.17) is 13.9 Å². The van der Waals surface area contributed by atoms with E-state index >= 15 is 0 Å². The third kappa shape index (κ3) is 4.56. The first kappa shape index (κ1) is 16.0. The number of hydrogen-bond donors (Lipinski definition) is 0. The Hall–Kier alpha value is -1.36. The molecule has 2 rings (SSSR count). The maximum Gasteiger partial charge on any atom is 0.376 e. The molecule has 0 saturated carbocycles. The Morgan fingerprint density at radius 1 is 1.48 bits per heavy atom. The summed E-state index contributed by atoms with van der Waals surface area (Å²) >= 11 is 0. The molecule has 1 saturated heterocycles. The van der Waals surface area contributed by atoms with Crippen molar-refractivity contribution in [2.24, 2.45) is 5.92 Å². The van der Waals surface area contributed by atoms with Gasteiger partial charge in [-0.3, -0.25) is 0 Å². The molecule has 21 heavy (non-hydrogen) atoms. The molecule has 5 heteroatoms. The highest BCUT2D eigenvalue weighted by atomic mass is 16.5. The predicted octanol–water partition coefficient (Wildman–Crippen LogP) is 3.16. The Kier molecular flexibility index (Phi) is 5.79. The van der Waals surface area contributed by atoms with E-state index in [-0.39, 0.29) is 5.76 Å². The van der Waals surface area contributed by atoms with Crippen LogP contribution < -0.4 is 0 Å². The van der Waals surface area contributed by atoms with Crippen molar-refractivity contribution in [2.45, 2.75) is 59.0 Å². The molecule has 1 aliphatic rings. The van der Waals surface area contributed by atoms with Crippen molar-refractivity contribution in [1.82, 2.24) is 4.98 Å². The number of ether oxygens (including phenoxy) is 2. The fourth-order valence-electron chi connectivity index (χ4n) is 2.55. The lowest BCUT2D eigenvalue weighted by Gasteiger charge is -2.06. The number of hydrogen-bond acceptors (Lipinski definition) is 5. The van der Waals surface area contributed by atoms with Crippen LogP contribution in [0.5, 0.6) is 0 Å². The quantitative estimate of drug-likeness (QED) is 0.723. The third-order valence-corrected chi connectivity index (χ3v) is 3.51. The van der Waals surface area contributed by atoms with Crippen molar-refractivity contribution < 1.29 is 18.7 Å². The average Bonchev–Trinajstić information content (AvgIpc) is 3.05. The number of esters is 1. The van der Waals surface area contributed by atoms with Gasteiger partial charge in [-0.15, -0.1) is 0 Å². The number of rotatable bonds is 7. The summed E-state index contributed by atoms with van der Waals surface area (Å²) in [7, 11) is 0. The van der Waals surface area contributed by atoms with Crippen LogP contribution in [0.4, 0.5) is 0 Å². The van der Waals surface area contributed by atoms with Gasteiger partial charge in [-0.05, 0) is 38.5 Å². The van der Waals surface area contributed by atoms with Gasteiger partial charge in [0, 0.05) is 13.0 Å². The van der Waals surface area contributed by atoms with Crippen molar-refractivity contribution in [3.8, 4) is 0 Å². The summed E-state index contributed by atoms with van der Waals surface area (Å²) in [6, 6.07) is 0. The van der Waals surface area contributed by atoms with Gasteiger partial charge in [0.05, 0.1) is 18.4 Å². The van der Waals surface area contributed by atoms with Crippen molar-refractivity contribution in [2.75, 3.05) is 13.2 Å². The first-order chi connectivity index (χ1) is 10.1. The third-order valence-electron chi connectivity index (χ3n) is 3.51. The molecular formula is C16H25NO4. The van der Waals surface area contributed by atoms with Crippen molar-refractivity contribution >= 4 is 5.97 Å². The van der Waals surface area contributed by atoms with Crippen LogP contribution in [0.3, 0.4) is 0 Å². The second-order valence-electron chi connectivity index (χ2n) is 5.88. The summed E-state index contributed by atoms with van der Waals surface area (Å²) in [5, 5.41) is 0. The minimum atomic E-state index is -0.413. The lowest BCUT2D eigenvalue weighted by atomic mass is 10.1. The lowest BCUT2D eigenvalue weighted by molar-refractivity contribution is 0.0485. The van der Waals surface area contributed by atoms with Gasteiger partial charge >= 0.3 is 5.97 Å². The topological polar surface area (TPSA) is 61.6 Å². The van der Waals surface area contributed by atoms with E-state index in [1.54, 1.807) is 6.92 Å². The number of carbonyl (C=O) groups excluding carboxylic acids is 1. The average molecular weight is 295 g/mol. The second kappa shape index (κ2) is 7.59. The van der Waals surface area contributed by atoms with Crippen LogP contribution in [0.25, 0.3) is 0 Å². The molecule has 0 spiro atoms. The van der Waals surface area contributed by atoms with E-state index in [0.29, 0.717) is 36.6 Å². The minimum Gasteiger partial charge on any atom is -0.460 e. The van der Waals surface area contributed by atoms with Crippen LogP contribution in [-0.2, 0) is 22.3 Å². The summed E-state index contributed by atoms with van der Waals surface area (Å²) in [5.41, 5.74) is 0.714. The molecule has 1 aromatic heterocycles. The zero-order valence-corrected chi connectivity index (χ0v) is 13.2. The molecular weight excluding hydrogens is 270 g/mol. The number of aryl methyl sites for hydroxylation is 1. The SMILES string of the molecule is CCOC(=O)c1oc(CCC2CCCO2)nc1CC(C)C. The maximum atomic E-state index is 11.9. The van der Waals surface area contributed by atoms with Gasteiger partial charge in [0.2, 0.25) is 5.76 Å². The van der Waals surface area contributed by atoms with E-state index in [2.05, 4.69) is 18.8 Å². The van der Waals surface area contributed by atoms with Gasteiger partial charge in [0.25, 0.3) is 0 Å². The molecule has 0 N–H and O–H groups in total. The van der Waals surface area contributed by atoms with Gasteiger partial charge in [-0.2, -0.15) is 0 Å². The number of carbonyl (C=O) groups is 1. The molecule has 1 aromatic rings. The summed E-state index contributed by atoms with van der Waals surface area (Å²) in [6.07, 6.45) is 4.85. The summed E-state index contributed by atoms with van der Waals surface area (Å²) in [6.45, 7) is 7.16. The van der Waals surface area contributed by atoms with Crippen LogP contribution in [0, 0.1) is 5.92 Å². The van der Waals surface area contributed by atoms with E-state index in [1.807, 2.05) is 0 Å². The van der Waals surface area contributed by atoms with Gasteiger partial charge in [0.1, 0.15) is 0 Å². The number of aromatic nitrogens is 1. The Labute approximate surface area is 126 Å². The zero-order valence-electron chi connectivity index (χ0n) is 13.2. The Balaban J connectivity index is 2.04. The molecule has 5 nitrogen and oxygen atoms in total. The van der Waals surface area contributed by atoms with Crippen LogP contribution in [0.1, 0.15) is 62.2 Å². The smallest absolute Gasteiger partial charge is 0.376 e. The molecule has 0 amide bonds. The Morgan fingerprint density at radius 3 is 2.90 bits per heavy atom. The van der Waals surface area contributed by atoms with E-state index in [0.717, 1.165) is 32.3 Å². The molecule has 0 bridgehead atoms. The van der Waals surface area contributed by atoms with Gasteiger partial charge in [-0.1, -0.05) is 13.8 Å². The number of nitrogens with zero attached hydrogens (tertiary/aromatic N) is 1. The summed E-state index contributed by atoms with van der Waals surface area (Å²) in [4.78, 5) is 16.4. The molecule has 0 radical (unpaired) electrons. The highest BCUT2D eigenvalue weighted by Crippen LogP contribution is 2.21. The highest BCUT2D eigenvalue weighted by Gasteiger charge is 2.23. The summed E-state index contributed by atoms with van der Waals surface area (Å²) in [5.74, 6) is 0.885. The molecule has 2 heterocycles. The maximum absolute atomic E-state index is 11.9. The predicted molar refractivity (Wildman–Crippen MR) is 78.3 cm³/mol. The minimum absolute atomic E-state index is 0.271. The Bertz CT molecular complexity index is 461. The van der Waals surface area contributed by atoms with Gasteiger partial charge < -0.3 is 13.9 Å². The fraction of sp³-hybridized carbons (Fsp3) is 0.750. The first-order valence-corrected chi connectivity index (χ1v) is 7.87. The number of oxazole rings is 1. The van der Waals surface area contributed by atoms with Gasteiger partial charge in [0.15, 0.2) is 5.89 Å². The first-order valence-electron chi connectivity index (χ1n) is 7.87. The normalized spacial score (nSPS) is 18.4. The molecule has 1 atom stereocenters. The van der Waals surface area contributed by atoms with Crippen LogP contribution in [0.2, 0.25) is 0 Å². The molecule has 1 unspecified atom stereocenters. The summed E-state index contributed by atoms with van der Waals surface area (Å²) < 4.78 is 16.3. The standard InChI is InChI=1S/C16H25NO4/c1-4-19-16(18)15-13(10-11(2)3)17-14(21-15)8-7-12-6-5-9-20-12/h11-12H,4-10H2,1-3H3. The molecule has 118 valence electrons. The largest absolute Gasteiger partial charge is 0.460 e. The zero-order chi connectivity index (χ0) is 15.2. The molecule has 0 aliphatic carbocycles. The second-order valence-corrected chi connectivity index (χ2v) is 5.88. The van der Waals surface area contributed by atoms with Crippen LogP contribution in [0.15, 0.2) is 4.42 Å². The molecule has 1 aliphatic heterocycles. The monoisotopic (exact) mass is 295 g/mol. The van der Waals surface area contributed by atoms with E-state index < -0.39 is 5.97 Å². The fourth-order valence-corrected chi connectivity index (χ4v) is 2.55. The van der Waals surface area contributed by atoms with Crippen LogP contribution in [-0.4, -0.2) is 30.3 Å². The van der Waals surface area contributed by atoms with Gasteiger partial charge in [-0.25, -0.2) is 9.78 Å². The van der Waals surface area contributed by atoms with E-state index in [9.17, 15) is 4.79 Å². The molecule has 1 fully saturated rings. The highest BCUT2D eigenvalue weighted by molar-refractivity contribution is 5.87.